The molecule has 2 aromatic carbocycles. The third-order valence-corrected chi connectivity index (χ3v) is 7.01. The summed E-state index contributed by atoms with van der Waals surface area (Å²) in [5.74, 6) is 1.67. The highest BCUT2D eigenvalue weighted by molar-refractivity contribution is 7.98. The van der Waals surface area contributed by atoms with Crippen molar-refractivity contribution < 1.29 is 4.42 Å². The maximum absolute atomic E-state index is 12.2. The lowest BCUT2D eigenvalue weighted by Crippen LogP contribution is -2.22. The Kier molecular flexibility index (Phi) is 4.30. The highest BCUT2D eigenvalue weighted by Gasteiger charge is 2.32. The van der Waals surface area contributed by atoms with Gasteiger partial charge in [0.15, 0.2) is 5.16 Å². The first-order valence-electron chi connectivity index (χ1n) is 10.5. The van der Waals surface area contributed by atoms with E-state index in [1.54, 1.807) is 17.8 Å². The Labute approximate surface area is 177 Å². The van der Waals surface area contributed by atoms with Crippen LogP contribution in [-0.2, 0) is 5.75 Å². The Balaban J connectivity index is 1.39. The van der Waals surface area contributed by atoms with Gasteiger partial charge in [-0.15, -0.1) is 10.2 Å². The summed E-state index contributed by atoms with van der Waals surface area (Å²) in [6, 6.07) is 14.3. The third-order valence-electron chi connectivity index (χ3n) is 6.02. The number of benzene rings is 2. The molecule has 6 rings (SSSR count). The molecule has 7 heteroatoms. The molecule has 6 nitrogen and oxygen atoms in total. The van der Waals surface area contributed by atoms with Crippen molar-refractivity contribution in [3.05, 3.63) is 58.4 Å². The summed E-state index contributed by atoms with van der Waals surface area (Å²) in [6.45, 7) is 2.12. The average Bonchev–Trinajstić information content (AvgIpc) is 3.28. The molecule has 152 valence electrons. The van der Waals surface area contributed by atoms with E-state index in [4.69, 9.17) is 4.42 Å². The minimum absolute atomic E-state index is 0.310. The maximum Gasteiger partial charge on any atom is 0.336 e. The number of thioether (sulfide) groups is 1. The molecule has 3 heterocycles. The number of anilines is 1. The van der Waals surface area contributed by atoms with E-state index in [2.05, 4.69) is 31.8 Å². The van der Waals surface area contributed by atoms with Crippen LogP contribution in [0.1, 0.15) is 37.3 Å². The molecule has 0 bridgehead atoms. The molecule has 1 saturated heterocycles. The monoisotopic (exact) mass is 418 g/mol. The average molecular weight is 419 g/mol. The molecule has 4 aromatic rings. The topological polar surface area (TPSA) is 64.2 Å². The van der Waals surface area contributed by atoms with Crippen LogP contribution in [0.25, 0.3) is 21.7 Å². The number of nitrogens with zero attached hydrogens (tertiary/aromatic N) is 4. The van der Waals surface area contributed by atoms with Gasteiger partial charge in [-0.2, -0.15) is 0 Å². The molecule has 0 radical (unpaired) electrons. The first-order valence-corrected chi connectivity index (χ1v) is 11.5. The molecule has 1 saturated carbocycles. The van der Waals surface area contributed by atoms with Gasteiger partial charge in [0.25, 0.3) is 0 Å². The molecule has 0 atom stereocenters. The van der Waals surface area contributed by atoms with Crippen LogP contribution in [0.15, 0.2) is 56.8 Å². The predicted octanol–water partition coefficient (Wildman–Crippen LogP) is 4.77. The van der Waals surface area contributed by atoms with Gasteiger partial charge in [-0.3, -0.25) is 4.57 Å². The van der Waals surface area contributed by atoms with Crippen LogP contribution in [0.5, 0.6) is 0 Å². The van der Waals surface area contributed by atoms with Crippen LogP contribution in [-0.4, -0.2) is 27.9 Å². The summed E-state index contributed by atoms with van der Waals surface area (Å²) in [6.07, 6.45) is 4.82. The van der Waals surface area contributed by atoms with Gasteiger partial charge in [0.05, 0.1) is 0 Å². The Bertz CT molecular complexity index is 1300. The fraction of sp³-hybridized carbons (Fsp3) is 0.348. The van der Waals surface area contributed by atoms with Gasteiger partial charge in [0.2, 0.25) is 5.95 Å². The zero-order chi connectivity index (χ0) is 20.1. The van der Waals surface area contributed by atoms with Crippen molar-refractivity contribution in [2.45, 2.75) is 42.6 Å². The third kappa shape index (κ3) is 3.08. The summed E-state index contributed by atoms with van der Waals surface area (Å²) < 4.78 is 7.82. The number of fused-ring (bicyclic) bond motifs is 3. The molecule has 1 aliphatic heterocycles. The number of rotatable bonds is 5. The van der Waals surface area contributed by atoms with E-state index in [-0.39, 0.29) is 5.63 Å². The van der Waals surface area contributed by atoms with E-state index in [9.17, 15) is 4.79 Å². The zero-order valence-corrected chi connectivity index (χ0v) is 17.4. The zero-order valence-electron chi connectivity index (χ0n) is 16.6. The van der Waals surface area contributed by atoms with E-state index in [1.807, 2.05) is 24.3 Å². The molecule has 0 unspecified atom stereocenters. The van der Waals surface area contributed by atoms with Crippen molar-refractivity contribution >= 4 is 39.5 Å². The number of hydrogen-bond acceptors (Lipinski definition) is 6. The fourth-order valence-corrected chi connectivity index (χ4v) is 5.41. The first-order chi connectivity index (χ1) is 14.8. The molecular formula is C23H22N4O2S. The van der Waals surface area contributed by atoms with Crippen molar-refractivity contribution in [2.75, 3.05) is 18.0 Å². The summed E-state index contributed by atoms with van der Waals surface area (Å²) in [4.78, 5) is 14.6. The molecule has 0 spiro atoms. The van der Waals surface area contributed by atoms with Crippen LogP contribution < -0.4 is 10.5 Å². The van der Waals surface area contributed by atoms with E-state index >= 15 is 0 Å². The van der Waals surface area contributed by atoms with Crippen LogP contribution >= 0.6 is 11.8 Å². The fourth-order valence-electron chi connectivity index (χ4n) is 4.43. The van der Waals surface area contributed by atoms with Gasteiger partial charge in [-0.1, -0.05) is 42.1 Å². The molecular weight excluding hydrogens is 396 g/mol. The van der Waals surface area contributed by atoms with Crippen molar-refractivity contribution in [3.63, 3.8) is 0 Å². The predicted molar refractivity (Wildman–Crippen MR) is 119 cm³/mol. The van der Waals surface area contributed by atoms with Gasteiger partial charge in [0.1, 0.15) is 5.58 Å². The minimum atomic E-state index is -0.310. The quantitative estimate of drug-likeness (QED) is 0.264. The Hall–Kier alpha value is -2.80. The van der Waals surface area contributed by atoms with Crippen molar-refractivity contribution in [2.24, 2.45) is 0 Å². The van der Waals surface area contributed by atoms with Gasteiger partial charge in [0, 0.05) is 36.3 Å². The minimum Gasteiger partial charge on any atom is -0.423 e. The molecule has 1 aliphatic carbocycles. The summed E-state index contributed by atoms with van der Waals surface area (Å²) in [7, 11) is 0. The molecule has 0 amide bonds. The van der Waals surface area contributed by atoms with Crippen LogP contribution in [0.4, 0.5) is 5.95 Å². The standard InChI is InChI=1S/C23H22N4O2S/c28-20-13-16(21-18-6-2-1-5-15(18)7-10-19(21)29-20)14-30-23-25-24-22(26-11-3-4-12-26)27(23)17-8-9-17/h1-2,5-7,10,13,17H,3-4,8-9,11-12,14H2. The lowest BCUT2D eigenvalue weighted by Gasteiger charge is -2.18. The highest BCUT2D eigenvalue weighted by Crippen LogP contribution is 2.42. The van der Waals surface area contributed by atoms with Crippen molar-refractivity contribution in [1.82, 2.24) is 14.8 Å². The van der Waals surface area contributed by atoms with Crippen LogP contribution in [0.2, 0.25) is 0 Å². The SMILES string of the molecule is O=c1cc(CSc2nnc(N3CCCC3)n2C2CC2)c2c(ccc3ccccc32)o1. The van der Waals surface area contributed by atoms with Gasteiger partial charge >= 0.3 is 5.63 Å². The summed E-state index contributed by atoms with van der Waals surface area (Å²) in [5, 5.41) is 13.3. The Morgan fingerprint density at radius 2 is 1.90 bits per heavy atom. The second kappa shape index (κ2) is 7.16. The highest BCUT2D eigenvalue weighted by atomic mass is 32.2. The molecule has 30 heavy (non-hydrogen) atoms. The second-order valence-corrected chi connectivity index (χ2v) is 9.06. The lowest BCUT2D eigenvalue weighted by molar-refractivity contribution is 0.560. The van der Waals surface area contributed by atoms with Gasteiger partial charge in [-0.05, 0) is 48.1 Å². The molecule has 2 aliphatic rings. The summed E-state index contributed by atoms with van der Waals surface area (Å²) >= 11 is 1.66. The second-order valence-electron chi connectivity index (χ2n) is 8.12. The normalized spacial score (nSPS) is 16.7. The maximum atomic E-state index is 12.2. The largest absolute Gasteiger partial charge is 0.423 e. The van der Waals surface area contributed by atoms with Crippen molar-refractivity contribution in [1.29, 1.82) is 0 Å². The number of hydrogen-bond donors (Lipinski definition) is 0. The van der Waals surface area contributed by atoms with Crippen LogP contribution in [0.3, 0.4) is 0 Å². The Morgan fingerprint density at radius 3 is 2.73 bits per heavy atom. The summed E-state index contributed by atoms with van der Waals surface area (Å²) in [5.41, 5.74) is 1.31. The van der Waals surface area contributed by atoms with Gasteiger partial charge < -0.3 is 9.32 Å². The van der Waals surface area contributed by atoms with E-state index in [1.165, 1.54) is 25.7 Å². The first kappa shape index (κ1) is 18.0. The van der Waals surface area contributed by atoms with Gasteiger partial charge in [-0.25, -0.2) is 4.79 Å². The molecule has 2 fully saturated rings. The number of aromatic nitrogens is 3. The van der Waals surface area contributed by atoms with E-state index < -0.39 is 0 Å². The van der Waals surface area contributed by atoms with Crippen molar-refractivity contribution in [3.8, 4) is 0 Å². The lowest BCUT2D eigenvalue weighted by atomic mass is 10.0. The molecule has 2 aromatic heterocycles. The van der Waals surface area contributed by atoms with Crippen LogP contribution in [0, 0.1) is 0 Å². The van der Waals surface area contributed by atoms with E-state index in [0.717, 1.165) is 45.9 Å². The van der Waals surface area contributed by atoms with E-state index in [0.29, 0.717) is 17.4 Å². The molecule has 0 N–H and O–H groups in total. The smallest absolute Gasteiger partial charge is 0.336 e. The Morgan fingerprint density at radius 1 is 1.07 bits per heavy atom.